The molecule has 0 bridgehead atoms. The van der Waals surface area contributed by atoms with Crippen LogP contribution < -0.4 is 10.6 Å². The van der Waals surface area contributed by atoms with Crippen LogP contribution in [0, 0.1) is 0 Å². The Morgan fingerprint density at radius 3 is 2.67 bits per heavy atom. The lowest BCUT2D eigenvalue weighted by molar-refractivity contribution is 0.363. The lowest BCUT2D eigenvalue weighted by Gasteiger charge is -2.37. The molecule has 2 heterocycles. The molecule has 3 rings (SSSR count). The molecule has 0 radical (unpaired) electrons. The molecule has 7 heteroatoms. The third-order valence-electron chi connectivity index (χ3n) is 4.21. The summed E-state index contributed by atoms with van der Waals surface area (Å²) >= 11 is 13.5. The van der Waals surface area contributed by atoms with Gasteiger partial charge in [-0.2, -0.15) is 0 Å². The molecule has 0 aliphatic carbocycles. The molecule has 1 aliphatic rings. The van der Waals surface area contributed by atoms with Crippen molar-refractivity contribution in [1.82, 2.24) is 4.98 Å². The van der Waals surface area contributed by atoms with Gasteiger partial charge in [-0.3, -0.25) is 0 Å². The zero-order valence-corrected chi connectivity index (χ0v) is 15.6. The summed E-state index contributed by atoms with van der Waals surface area (Å²) in [7, 11) is 0. The summed E-state index contributed by atoms with van der Waals surface area (Å²) < 4.78 is 0. The first-order valence-corrected chi connectivity index (χ1v) is 9.28. The first kappa shape index (κ1) is 17.7. The van der Waals surface area contributed by atoms with E-state index < -0.39 is 0 Å². The van der Waals surface area contributed by atoms with Gasteiger partial charge in [-0.1, -0.05) is 41.0 Å². The second-order valence-corrected chi connectivity index (χ2v) is 8.13. The van der Waals surface area contributed by atoms with Crippen LogP contribution in [-0.2, 0) is 0 Å². The fraction of sp³-hybridized carbons (Fsp3) is 0.353. The molecule has 0 unspecified atom stereocenters. The topological polar surface area (TPSA) is 62.4 Å². The smallest absolute Gasteiger partial charge is 0.150 e. The Bertz CT molecular complexity index is 745. The predicted molar refractivity (Wildman–Crippen MR) is 101 cm³/mol. The molecule has 1 aromatic carbocycles. The fourth-order valence-electron chi connectivity index (χ4n) is 2.62. The molecule has 2 aromatic rings. The summed E-state index contributed by atoms with van der Waals surface area (Å²) in [5.41, 5.74) is 6.97. The third kappa shape index (κ3) is 3.91. The number of piperidine rings is 1. The fourth-order valence-corrected chi connectivity index (χ4v) is 3.92. The number of rotatable bonds is 3. The highest BCUT2D eigenvalue weighted by atomic mass is 35.5. The van der Waals surface area contributed by atoms with Crippen molar-refractivity contribution in [2.24, 2.45) is 5.73 Å². The van der Waals surface area contributed by atoms with E-state index >= 15 is 0 Å². The van der Waals surface area contributed by atoms with Crippen molar-refractivity contribution in [2.45, 2.75) is 35.2 Å². The highest BCUT2D eigenvalue weighted by molar-refractivity contribution is 7.99. The number of aromatic hydroxyl groups is 1. The number of halogens is 2. The van der Waals surface area contributed by atoms with E-state index in [4.69, 9.17) is 28.9 Å². The minimum atomic E-state index is -0.106. The molecule has 0 spiro atoms. The lowest BCUT2D eigenvalue weighted by Crippen LogP contribution is -2.48. The van der Waals surface area contributed by atoms with E-state index in [0.717, 1.165) is 36.5 Å². The number of pyridine rings is 1. The van der Waals surface area contributed by atoms with Crippen molar-refractivity contribution in [1.29, 1.82) is 0 Å². The van der Waals surface area contributed by atoms with Crippen molar-refractivity contribution < 1.29 is 5.11 Å². The summed E-state index contributed by atoms with van der Waals surface area (Å²) in [6.45, 7) is 3.80. The molecule has 128 valence electrons. The van der Waals surface area contributed by atoms with Crippen LogP contribution in [0.15, 0.2) is 40.4 Å². The monoisotopic (exact) mass is 383 g/mol. The van der Waals surface area contributed by atoms with Gasteiger partial charge in [0.1, 0.15) is 10.8 Å². The highest BCUT2D eigenvalue weighted by Gasteiger charge is 2.26. The summed E-state index contributed by atoms with van der Waals surface area (Å²) in [6.07, 6.45) is 3.62. The molecule has 1 fully saturated rings. The molecular formula is C17H19Cl2N3OS. The molecule has 1 aromatic heterocycles. The van der Waals surface area contributed by atoms with Crippen LogP contribution in [-0.4, -0.2) is 28.7 Å². The van der Waals surface area contributed by atoms with Crippen molar-refractivity contribution in [2.75, 3.05) is 18.0 Å². The molecule has 24 heavy (non-hydrogen) atoms. The molecular weight excluding hydrogens is 365 g/mol. The highest BCUT2D eigenvalue weighted by Crippen LogP contribution is 2.40. The van der Waals surface area contributed by atoms with Crippen LogP contribution in [0.5, 0.6) is 5.75 Å². The maximum absolute atomic E-state index is 10.3. The van der Waals surface area contributed by atoms with Crippen LogP contribution in [0.3, 0.4) is 0 Å². The SMILES string of the molecule is CC1(N)CCN(c2cnc(Sc3cccc(Cl)c3Cl)c(O)c2)CC1. The largest absolute Gasteiger partial charge is 0.505 e. The number of hydrogen-bond acceptors (Lipinski definition) is 5. The molecule has 3 N–H and O–H groups in total. The minimum absolute atomic E-state index is 0.106. The Labute approximate surface area is 156 Å². The van der Waals surface area contributed by atoms with Gasteiger partial charge in [0.15, 0.2) is 0 Å². The van der Waals surface area contributed by atoms with E-state index in [9.17, 15) is 5.11 Å². The zero-order valence-electron chi connectivity index (χ0n) is 13.3. The normalized spacial score (nSPS) is 17.1. The van der Waals surface area contributed by atoms with Crippen LogP contribution in [0.1, 0.15) is 19.8 Å². The van der Waals surface area contributed by atoms with Gasteiger partial charge in [-0.05, 0) is 31.9 Å². The second-order valence-electron chi connectivity index (χ2n) is 6.31. The van der Waals surface area contributed by atoms with Crippen molar-refractivity contribution in [3.05, 3.63) is 40.5 Å². The quantitative estimate of drug-likeness (QED) is 0.812. The van der Waals surface area contributed by atoms with E-state index in [2.05, 4.69) is 16.8 Å². The Morgan fingerprint density at radius 2 is 2.00 bits per heavy atom. The van der Waals surface area contributed by atoms with Gasteiger partial charge in [0.2, 0.25) is 0 Å². The average molecular weight is 384 g/mol. The Kier molecular flexibility index (Phi) is 5.16. The van der Waals surface area contributed by atoms with Crippen molar-refractivity contribution in [3.8, 4) is 5.75 Å². The van der Waals surface area contributed by atoms with Gasteiger partial charge in [-0.25, -0.2) is 4.98 Å². The molecule has 1 saturated heterocycles. The number of anilines is 1. The van der Waals surface area contributed by atoms with E-state index in [1.165, 1.54) is 11.8 Å². The maximum Gasteiger partial charge on any atom is 0.150 e. The maximum atomic E-state index is 10.3. The molecule has 0 atom stereocenters. The summed E-state index contributed by atoms with van der Waals surface area (Å²) in [5.74, 6) is 0.134. The average Bonchev–Trinajstić information content (AvgIpc) is 2.53. The molecule has 4 nitrogen and oxygen atoms in total. The first-order valence-electron chi connectivity index (χ1n) is 7.70. The second kappa shape index (κ2) is 7.00. The van der Waals surface area contributed by atoms with Crippen molar-refractivity contribution >= 4 is 40.7 Å². The van der Waals surface area contributed by atoms with Gasteiger partial charge in [-0.15, -0.1) is 0 Å². The van der Waals surface area contributed by atoms with Gasteiger partial charge < -0.3 is 15.7 Å². The van der Waals surface area contributed by atoms with Gasteiger partial charge >= 0.3 is 0 Å². The molecule has 0 saturated carbocycles. The molecule has 0 amide bonds. The standard InChI is InChI=1S/C17H19Cl2N3OS/c1-17(20)5-7-22(8-6-17)11-9-13(23)16(21-10-11)24-14-4-2-3-12(18)15(14)19/h2-4,9-10,23H,5-8,20H2,1H3. The van der Waals surface area contributed by atoms with Gasteiger partial charge in [0.05, 0.1) is 21.9 Å². The van der Waals surface area contributed by atoms with Crippen LogP contribution in [0.25, 0.3) is 0 Å². The van der Waals surface area contributed by atoms with Gasteiger partial charge in [0, 0.05) is 29.6 Å². The van der Waals surface area contributed by atoms with E-state index in [1.54, 1.807) is 18.3 Å². The zero-order chi connectivity index (χ0) is 17.3. The Hall–Kier alpha value is -1.14. The number of nitrogens with two attached hydrogens (primary N) is 1. The van der Waals surface area contributed by atoms with Crippen molar-refractivity contribution in [3.63, 3.8) is 0 Å². The summed E-state index contributed by atoms with van der Waals surface area (Å²) in [5, 5.41) is 11.8. The van der Waals surface area contributed by atoms with E-state index in [1.807, 2.05) is 12.1 Å². The summed E-state index contributed by atoms with van der Waals surface area (Å²) in [6, 6.07) is 7.14. The number of aromatic nitrogens is 1. The third-order valence-corrected chi connectivity index (χ3v) is 6.21. The van der Waals surface area contributed by atoms with Crippen LogP contribution >= 0.6 is 35.0 Å². The van der Waals surface area contributed by atoms with E-state index in [0.29, 0.717) is 15.1 Å². The number of nitrogens with zero attached hydrogens (tertiary/aromatic N) is 2. The number of benzene rings is 1. The summed E-state index contributed by atoms with van der Waals surface area (Å²) in [4.78, 5) is 7.35. The molecule has 1 aliphatic heterocycles. The Morgan fingerprint density at radius 1 is 1.29 bits per heavy atom. The predicted octanol–water partition coefficient (Wildman–Crippen LogP) is 4.56. The van der Waals surface area contributed by atoms with Gasteiger partial charge in [0.25, 0.3) is 0 Å². The van der Waals surface area contributed by atoms with Crippen LogP contribution in [0.2, 0.25) is 10.0 Å². The number of hydrogen-bond donors (Lipinski definition) is 2. The first-order chi connectivity index (χ1) is 11.4. The Balaban J connectivity index is 1.77. The van der Waals surface area contributed by atoms with Crippen LogP contribution in [0.4, 0.5) is 5.69 Å². The van der Waals surface area contributed by atoms with E-state index in [-0.39, 0.29) is 11.3 Å². The minimum Gasteiger partial charge on any atom is -0.505 e. The lowest BCUT2D eigenvalue weighted by atomic mass is 9.91.